The van der Waals surface area contributed by atoms with Gasteiger partial charge < -0.3 is 39.9 Å². The van der Waals surface area contributed by atoms with E-state index in [-0.39, 0.29) is 17.1 Å². The van der Waals surface area contributed by atoms with Gasteiger partial charge in [0.05, 0.1) is 12.9 Å². The van der Waals surface area contributed by atoms with Crippen LogP contribution in [0.25, 0.3) is 11.2 Å². The second-order valence-electron chi connectivity index (χ2n) is 6.21. The summed E-state index contributed by atoms with van der Waals surface area (Å²) in [4.78, 5) is 48.5. The molecule has 0 saturated carbocycles. The molecule has 180 valence electrons. The molecule has 1 saturated heterocycles. The summed E-state index contributed by atoms with van der Waals surface area (Å²) >= 11 is 8.52. The van der Waals surface area contributed by atoms with Crippen LogP contribution in [-0.2, 0) is 38.8 Å². The van der Waals surface area contributed by atoms with Crippen molar-refractivity contribution in [2.45, 2.75) is 24.5 Å². The first kappa shape index (κ1) is 25.9. The molecular weight excluding hydrogens is 539 g/mol. The van der Waals surface area contributed by atoms with Crippen molar-refractivity contribution in [3.05, 3.63) is 16.7 Å². The Bertz CT molecular complexity index is 1220. The van der Waals surface area contributed by atoms with Gasteiger partial charge in [-0.25, -0.2) is 18.4 Å². The number of rotatable bonds is 8. The van der Waals surface area contributed by atoms with Crippen LogP contribution < -0.4 is 11.3 Å². The van der Waals surface area contributed by atoms with Gasteiger partial charge in [-0.2, -0.15) is 9.29 Å². The highest BCUT2D eigenvalue weighted by Gasteiger charge is 2.45. The minimum atomic E-state index is -5.40. The van der Waals surface area contributed by atoms with E-state index in [1.54, 1.807) is 0 Å². The SMILES string of the molecule is Nc1nc2c(ncn2C2O[C@H](COP(=S)(S)OP(=O)(O)OP(=O)(O)O)[C@@H](O)[C@H]2O)c(=O)[nH]1. The van der Waals surface area contributed by atoms with Gasteiger partial charge in [-0.1, -0.05) is 12.2 Å². The smallest absolute Gasteiger partial charge is 0.387 e. The van der Waals surface area contributed by atoms with Gasteiger partial charge in [-0.3, -0.25) is 14.3 Å². The van der Waals surface area contributed by atoms with Crippen molar-refractivity contribution in [1.82, 2.24) is 19.5 Å². The van der Waals surface area contributed by atoms with Gasteiger partial charge in [-0.05, 0) is 11.8 Å². The Balaban J connectivity index is 1.72. The standard InChI is InChI=1S/C10H16N5O12P3S2/c11-10-13-7-4(8(18)14-10)12-2-15(7)9-6(17)5(16)3(25-9)1-24-30(31,32)27-29(22,23)26-28(19,20)21/h2-3,5-6,9,16-17H,1H2,(H,22,23)(H,31,32)(H2,19,20,21)(H3,11,13,14,18)/t3-,5-,6-,9?/m1/s1. The molecule has 3 rings (SSSR count). The Morgan fingerprint density at radius 1 is 1.28 bits per heavy atom. The predicted molar refractivity (Wildman–Crippen MR) is 112 cm³/mol. The van der Waals surface area contributed by atoms with E-state index in [9.17, 15) is 29.0 Å². The fourth-order valence-corrected chi connectivity index (χ4v) is 7.70. The lowest BCUT2D eigenvalue weighted by Crippen LogP contribution is -2.33. The number of fused-ring (bicyclic) bond motifs is 1. The number of ether oxygens (including phenoxy) is 1. The average Bonchev–Trinajstić information content (AvgIpc) is 3.12. The molecule has 2 aromatic rings. The molecule has 2 aromatic heterocycles. The van der Waals surface area contributed by atoms with E-state index >= 15 is 0 Å². The quantitative estimate of drug-likeness (QED) is 0.139. The van der Waals surface area contributed by atoms with Crippen LogP contribution >= 0.6 is 33.6 Å². The number of aliphatic hydroxyl groups is 2. The van der Waals surface area contributed by atoms with E-state index in [4.69, 9.17) is 36.6 Å². The molecule has 0 bridgehead atoms. The molecule has 22 heteroatoms. The van der Waals surface area contributed by atoms with Gasteiger partial charge in [-0.15, -0.1) is 0 Å². The summed E-state index contributed by atoms with van der Waals surface area (Å²) in [5.74, 6) is -0.226. The summed E-state index contributed by atoms with van der Waals surface area (Å²) in [5.41, 5.74) is 0.777. The van der Waals surface area contributed by atoms with Crippen LogP contribution in [0.15, 0.2) is 11.1 Å². The third kappa shape index (κ3) is 6.02. The average molecular weight is 555 g/mol. The maximum atomic E-state index is 11.9. The predicted octanol–water partition coefficient (Wildman–Crippen LogP) is -1.28. The molecule has 0 aromatic carbocycles. The first-order valence-electron chi connectivity index (χ1n) is 8.11. The third-order valence-corrected chi connectivity index (χ3v) is 9.60. The van der Waals surface area contributed by atoms with Gasteiger partial charge in [0.25, 0.3) is 11.3 Å². The van der Waals surface area contributed by atoms with Gasteiger partial charge in [0.2, 0.25) is 5.95 Å². The Morgan fingerprint density at radius 3 is 2.56 bits per heavy atom. The molecule has 17 nitrogen and oxygen atoms in total. The minimum absolute atomic E-state index is 0.0393. The largest absolute Gasteiger partial charge is 0.487 e. The zero-order valence-corrected chi connectivity index (χ0v) is 19.7. The lowest BCUT2D eigenvalue weighted by atomic mass is 10.1. The molecule has 0 aliphatic carbocycles. The molecule has 0 spiro atoms. The first-order valence-corrected chi connectivity index (χ1v) is 14.9. The van der Waals surface area contributed by atoms with E-state index in [2.05, 4.69) is 35.8 Å². The second-order valence-corrected chi connectivity index (χ2v) is 14.5. The molecule has 1 aliphatic rings. The number of nitrogens with zero attached hydrogens (tertiary/aromatic N) is 3. The first-order chi connectivity index (χ1) is 14.6. The van der Waals surface area contributed by atoms with Crippen molar-refractivity contribution in [2.75, 3.05) is 12.3 Å². The van der Waals surface area contributed by atoms with Gasteiger partial charge in [0.1, 0.15) is 18.3 Å². The molecule has 6 atom stereocenters. The van der Waals surface area contributed by atoms with Crippen molar-refractivity contribution in [3.63, 3.8) is 0 Å². The van der Waals surface area contributed by atoms with Crippen LogP contribution in [0.1, 0.15) is 6.23 Å². The summed E-state index contributed by atoms with van der Waals surface area (Å²) in [7, 11) is -10.7. The molecule has 3 heterocycles. The number of anilines is 1. The minimum Gasteiger partial charge on any atom is -0.387 e. The van der Waals surface area contributed by atoms with E-state index in [0.29, 0.717) is 0 Å². The lowest BCUT2D eigenvalue weighted by Gasteiger charge is -2.22. The number of phosphoric acid groups is 2. The Morgan fingerprint density at radius 2 is 1.94 bits per heavy atom. The van der Waals surface area contributed by atoms with Gasteiger partial charge in [0, 0.05) is 0 Å². The van der Waals surface area contributed by atoms with Crippen LogP contribution in [0.3, 0.4) is 0 Å². The zero-order chi connectivity index (χ0) is 24.1. The lowest BCUT2D eigenvalue weighted by molar-refractivity contribution is -0.0469. The normalized spacial score (nSPS) is 27.9. The zero-order valence-electron chi connectivity index (χ0n) is 15.3. The number of aromatic amines is 1. The van der Waals surface area contributed by atoms with Crippen molar-refractivity contribution in [1.29, 1.82) is 0 Å². The topological polar surface area (TPSA) is 262 Å². The number of nitrogens with two attached hydrogens (primary N) is 1. The summed E-state index contributed by atoms with van der Waals surface area (Å²) < 4.78 is 42.1. The van der Waals surface area contributed by atoms with Crippen LogP contribution in [0, 0.1) is 0 Å². The van der Waals surface area contributed by atoms with Gasteiger partial charge >= 0.3 is 15.6 Å². The number of nitrogen functional groups attached to an aromatic ring is 1. The molecule has 0 amide bonds. The number of nitrogens with one attached hydrogen (secondary N) is 1. The molecule has 1 aliphatic heterocycles. The highest BCUT2D eigenvalue weighted by atomic mass is 32.9. The second kappa shape index (κ2) is 9.13. The fraction of sp³-hybridized carbons (Fsp3) is 0.500. The molecular formula is C10H16N5O12P3S2. The van der Waals surface area contributed by atoms with Crippen LogP contribution in [-0.4, -0.2) is 69.3 Å². The molecule has 0 radical (unpaired) electrons. The monoisotopic (exact) mass is 555 g/mol. The highest BCUT2D eigenvalue weighted by Crippen LogP contribution is 2.69. The van der Waals surface area contributed by atoms with Crippen molar-refractivity contribution in [3.8, 4) is 0 Å². The Hall–Kier alpha value is -0.750. The van der Waals surface area contributed by atoms with Crippen molar-refractivity contribution < 1.29 is 51.9 Å². The van der Waals surface area contributed by atoms with E-state index < -0.39 is 58.0 Å². The third-order valence-electron chi connectivity index (χ3n) is 3.88. The number of hydrogen-bond acceptors (Lipinski definition) is 13. The molecule has 3 unspecified atom stereocenters. The van der Waals surface area contributed by atoms with Crippen molar-refractivity contribution >= 4 is 62.5 Å². The highest BCUT2D eigenvalue weighted by molar-refractivity contribution is 8.60. The maximum Gasteiger partial charge on any atom is 0.487 e. The number of aromatic nitrogens is 4. The number of imidazole rings is 1. The van der Waals surface area contributed by atoms with Crippen LogP contribution in [0.5, 0.6) is 0 Å². The summed E-state index contributed by atoms with van der Waals surface area (Å²) in [6, 6.07) is 0. The number of hydrogen-bond donors (Lipinski definition) is 8. The Labute approximate surface area is 187 Å². The summed E-state index contributed by atoms with van der Waals surface area (Å²) in [6.07, 6.45) is -4.59. The summed E-state index contributed by atoms with van der Waals surface area (Å²) in [6.45, 7) is -0.631. The van der Waals surface area contributed by atoms with Crippen molar-refractivity contribution in [2.24, 2.45) is 0 Å². The van der Waals surface area contributed by atoms with E-state index in [0.717, 1.165) is 10.9 Å². The number of aliphatic hydroxyl groups excluding tert-OH is 2. The number of thiol groups is 1. The van der Waals surface area contributed by atoms with E-state index in [1.807, 2.05) is 0 Å². The molecule has 8 N–H and O–H groups in total. The number of H-pyrrole nitrogens is 1. The van der Waals surface area contributed by atoms with Crippen LogP contribution in [0.2, 0.25) is 0 Å². The Kier molecular flexibility index (Phi) is 7.38. The molecule has 1 fully saturated rings. The van der Waals surface area contributed by atoms with Crippen LogP contribution in [0.4, 0.5) is 5.95 Å². The maximum absolute atomic E-state index is 11.9. The molecule has 32 heavy (non-hydrogen) atoms. The van der Waals surface area contributed by atoms with E-state index in [1.165, 1.54) is 0 Å². The van der Waals surface area contributed by atoms with Gasteiger partial charge in [0.15, 0.2) is 17.4 Å². The summed E-state index contributed by atoms with van der Waals surface area (Å²) in [5, 5.41) is 20.6. The fourth-order valence-electron chi connectivity index (χ4n) is 2.70.